The molecule has 8 nitrogen and oxygen atoms in total. The van der Waals surface area contributed by atoms with E-state index >= 15 is 0 Å². The largest absolute Gasteiger partial charge is 0.573 e. The van der Waals surface area contributed by atoms with Gasteiger partial charge in [-0.3, -0.25) is 4.79 Å². The van der Waals surface area contributed by atoms with Crippen LogP contribution in [-0.4, -0.2) is 50.8 Å². The molecule has 0 aliphatic rings. The molecule has 0 heterocycles. The van der Waals surface area contributed by atoms with Crippen LogP contribution in [0.5, 0.6) is 17.2 Å². The number of amides is 2. The molecule has 0 radical (unpaired) electrons. The number of anilines is 1. The van der Waals surface area contributed by atoms with E-state index in [2.05, 4.69) is 15.4 Å². The molecule has 0 fully saturated rings. The fourth-order valence-electron chi connectivity index (χ4n) is 3.76. The van der Waals surface area contributed by atoms with Crippen LogP contribution < -0.4 is 24.8 Å². The van der Waals surface area contributed by atoms with E-state index in [1.807, 2.05) is 31.1 Å². The molecule has 3 aromatic rings. The lowest BCUT2D eigenvalue weighted by Gasteiger charge is -2.15. The SMILES string of the molecule is COc1ccc(OC(F)(F)F)cc1NC(=O)NCc1ccccc1OCc1ccc(C(=O)CCCN(C)C)cc1. The van der Waals surface area contributed by atoms with Crippen molar-refractivity contribution in [3.8, 4) is 17.2 Å². The molecule has 2 N–H and O–H groups in total. The van der Waals surface area contributed by atoms with Gasteiger partial charge in [0.2, 0.25) is 0 Å². The van der Waals surface area contributed by atoms with Crippen molar-refractivity contribution in [1.82, 2.24) is 10.2 Å². The number of urea groups is 1. The van der Waals surface area contributed by atoms with E-state index in [1.54, 1.807) is 36.4 Å². The minimum absolute atomic E-state index is 0.00548. The third-order valence-corrected chi connectivity index (χ3v) is 5.74. The highest BCUT2D eigenvalue weighted by Gasteiger charge is 2.31. The second kappa shape index (κ2) is 14.2. The number of nitrogens with zero attached hydrogens (tertiary/aromatic N) is 1. The molecule has 3 rings (SSSR count). The van der Waals surface area contributed by atoms with Crippen LogP contribution in [0, 0.1) is 0 Å². The average molecular weight is 560 g/mol. The van der Waals surface area contributed by atoms with E-state index in [0.29, 0.717) is 23.3 Å². The molecule has 0 aliphatic heterocycles. The predicted octanol–water partition coefficient (Wildman–Crippen LogP) is 6.02. The minimum atomic E-state index is -4.87. The zero-order valence-corrected chi connectivity index (χ0v) is 22.5. The van der Waals surface area contributed by atoms with Crippen molar-refractivity contribution in [3.63, 3.8) is 0 Å². The van der Waals surface area contributed by atoms with E-state index in [4.69, 9.17) is 9.47 Å². The van der Waals surface area contributed by atoms with Gasteiger partial charge < -0.3 is 29.7 Å². The summed E-state index contributed by atoms with van der Waals surface area (Å²) in [6, 6.07) is 17.1. The van der Waals surface area contributed by atoms with Crippen molar-refractivity contribution < 1.29 is 37.0 Å². The number of halogens is 3. The van der Waals surface area contributed by atoms with Crippen LogP contribution in [0.4, 0.5) is 23.7 Å². The van der Waals surface area contributed by atoms with Gasteiger partial charge in [0.1, 0.15) is 23.9 Å². The third kappa shape index (κ3) is 9.81. The molecule has 0 saturated heterocycles. The molecule has 0 atom stereocenters. The van der Waals surface area contributed by atoms with Crippen LogP contribution in [-0.2, 0) is 13.2 Å². The summed E-state index contributed by atoms with van der Waals surface area (Å²) in [7, 11) is 5.27. The quantitative estimate of drug-likeness (QED) is 0.249. The van der Waals surface area contributed by atoms with Gasteiger partial charge in [0.05, 0.1) is 12.8 Å². The lowest BCUT2D eigenvalue weighted by Crippen LogP contribution is -2.28. The van der Waals surface area contributed by atoms with Crippen LogP contribution in [0.3, 0.4) is 0 Å². The number of ether oxygens (including phenoxy) is 3. The maximum absolute atomic E-state index is 12.6. The molecule has 2 amide bonds. The molecule has 0 spiro atoms. The van der Waals surface area contributed by atoms with Gasteiger partial charge in [-0.15, -0.1) is 13.2 Å². The Labute approximate surface area is 231 Å². The van der Waals surface area contributed by atoms with E-state index in [1.165, 1.54) is 13.2 Å². The Balaban J connectivity index is 1.56. The molecule has 11 heteroatoms. The van der Waals surface area contributed by atoms with Crippen molar-refractivity contribution >= 4 is 17.5 Å². The number of benzene rings is 3. The highest BCUT2D eigenvalue weighted by Crippen LogP contribution is 2.32. The first-order valence-electron chi connectivity index (χ1n) is 12.5. The first-order chi connectivity index (χ1) is 19.0. The number of ketones is 1. The molecule has 40 heavy (non-hydrogen) atoms. The number of rotatable bonds is 13. The van der Waals surface area contributed by atoms with E-state index < -0.39 is 18.1 Å². The molecule has 0 bridgehead atoms. The van der Waals surface area contributed by atoms with E-state index in [-0.39, 0.29) is 30.4 Å². The van der Waals surface area contributed by atoms with Gasteiger partial charge in [-0.1, -0.05) is 42.5 Å². The normalized spacial score (nSPS) is 11.2. The Morgan fingerprint density at radius 3 is 2.35 bits per heavy atom. The molecule has 3 aromatic carbocycles. The number of nitrogens with one attached hydrogen (secondary N) is 2. The topological polar surface area (TPSA) is 89.1 Å². The summed E-state index contributed by atoms with van der Waals surface area (Å²) in [4.78, 5) is 26.9. The lowest BCUT2D eigenvalue weighted by atomic mass is 10.0. The minimum Gasteiger partial charge on any atom is -0.495 e. The van der Waals surface area contributed by atoms with Gasteiger partial charge >= 0.3 is 12.4 Å². The van der Waals surface area contributed by atoms with Crippen LogP contribution in [0.15, 0.2) is 66.7 Å². The molecule has 0 unspecified atom stereocenters. The van der Waals surface area contributed by atoms with Gasteiger partial charge in [-0.2, -0.15) is 0 Å². The number of para-hydroxylation sites is 1. The van der Waals surface area contributed by atoms with Crippen LogP contribution >= 0.6 is 0 Å². The second-order valence-electron chi connectivity index (χ2n) is 9.14. The van der Waals surface area contributed by atoms with Gasteiger partial charge in [-0.05, 0) is 50.8 Å². The van der Waals surface area contributed by atoms with Crippen molar-refractivity contribution in [2.75, 3.05) is 33.1 Å². The first-order valence-corrected chi connectivity index (χ1v) is 12.5. The second-order valence-corrected chi connectivity index (χ2v) is 9.14. The summed E-state index contributed by atoms with van der Waals surface area (Å²) in [6.07, 6.45) is -3.59. The van der Waals surface area contributed by atoms with Gasteiger partial charge in [0.25, 0.3) is 0 Å². The van der Waals surface area contributed by atoms with Crippen molar-refractivity contribution in [1.29, 1.82) is 0 Å². The fourth-order valence-corrected chi connectivity index (χ4v) is 3.76. The summed E-state index contributed by atoms with van der Waals surface area (Å²) < 4.78 is 52.7. The van der Waals surface area contributed by atoms with Gasteiger partial charge in [0.15, 0.2) is 5.78 Å². The molecule has 214 valence electrons. The number of alkyl halides is 3. The summed E-state index contributed by atoms with van der Waals surface area (Å²) in [5.41, 5.74) is 2.22. The van der Waals surface area contributed by atoms with Crippen molar-refractivity contribution in [3.05, 3.63) is 83.4 Å². The number of hydrogen-bond acceptors (Lipinski definition) is 6. The number of carbonyl (C=O) groups is 2. The first kappa shape index (κ1) is 30.3. The molecular formula is C29H32F3N3O5. The third-order valence-electron chi connectivity index (χ3n) is 5.74. The van der Waals surface area contributed by atoms with E-state index in [0.717, 1.165) is 30.7 Å². The Morgan fingerprint density at radius 1 is 0.950 bits per heavy atom. The highest BCUT2D eigenvalue weighted by atomic mass is 19.4. The van der Waals surface area contributed by atoms with Crippen LogP contribution in [0.1, 0.15) is 34.3 Å². The molecular weight excluding hydrogens is 527 g/mol. The number of hydrogen-bond donors (Lipinski definition) is 2. The van der Waals surface area contributed by atoms with Gasteiger partial charge in [-0.25, -0.2) is 4.79 Å². The predicted molar refractivity (Wildman–Crippen MR) is 145 cm³/mol. The Bertz CT molecular complexity index is 1280. The summed E-state index contributed by atoms with van der Waals surface area (Å²) in [5.74, 6) is 0.310. The Kier molecular flexibility index (Phi) is 10.8. The standard InChI is InChI=1S/C29H32F3N3O5/c1-35(2)16-6-8-25(36)21-12-10-20(11-13-21)19-39-26-9-5-4-7-22(26)18-33-28(37)34-24-17-23(40-29(30,31)32)14-15-27(24)38-3/h4-5,7,9-15,17H,6,8,16,18-19H2,1-3H3,(H2,33,34,37). The maximum Gasteiger partial charge on any atom is 0.573 e. The summed E-state index contributed by atoms with van der Waals surface area (Å²) >= 11 is 0. The van der Waals surface area contributed by atoms with Crippen LogP contribution in [0.2, 0.25) is 0 Å². The lowest BCUT2D eigenvalue weighted by molar-refractivity contribution is -0.274. The van der Waals surface area contributed by atoms with E-state index in [9.17, 15) is 22.8 Å². The number of methoxy groups -OCH3 is 1. The monoisotopic (exact) mass is 559 g/mol. The smallest absolute Gasteiger partial charge is 0.495 e. The fraction of sp³-hybridized carbons (Fsp3) is 0.310. The van der Waals surface area contributed by atoms with Crippen molar-refractivity contribution in [2.24, 2.45) is 0 Å². The zero-order chi connectivity index (χ0) is 29.1. The molecule has 0 aliphatic carbocycles. The Hall–Kier alpha value is -4.25. The van der Waals surface area contributed by atoms with Crippen molar-refractivity contribution in [2.45, 2.75) is 32.4 Å². The Morgan fingerprint density at radius 2 is 1.68 bits per heavy atom. The van der Waals surface area contributed by atoms with Gasteiger partial charge in [0, 0.05) is 30.2 Å². The average Bonchev–Trinajstić information content (AvgIpc) is 2.90. The highest BCUT2D eigenvalue weighted by molar-refractivity contribution is 5.96. The number of Topliss-reactive ketones (excluding diaryl/α,β-unsaturated/α-hetero) is 1. The van der Waals surface area contributed by atoms with Crippen LogP contribution in [0.25, 0.3) is 0 Å². The maximum atomic E-state index is 12.6. The number of carbonyl (C=O) groups excluding carboxylic acids is 2. The summed E-state index contributed by atoms with van der Waals surface area (Å²) in [6.45, 7) is 1.19. The zero-order valence-electron chi connectivity index (χ0n) is 22.5. The molecule has 0 saturated carbocycles. The molecule has 0 aromatic heterocycles. The summed E-state index contributed by atoms with van der Waals surface area (Å²) in [5, 5.41) is 5.13.